The van der Waals surface area contributed by atoms with E-state index in [1.54, 1.807) is 6.20 Å². The van der Waals surface area contributed by atoms with Crippen LogP contribution in [0.2, 0.25) is 0 Å². The van der Waals surface area contributed by atoms with Gasteiger partial charge in [-0.2, -0.15) is 5.10 Å². The van der Waals surface area contributed by atoms with Gasteiger partial charge in [0.25, 0.3) is 5.91 Å². The fourth-order valence-electron chi connectivity index (χ4n) is 2.46. The van der Waals surface area contributed by atoms with E-state index in [0.717, 1.165) is 22.2 Å². The Morgan fingerprint density at radius 2 is 2.19 bits per heavy atom. The van der Waals surface area contributed by atoms with Crippen molar-refractivity contribution >= 4 is 22.5 Å². The maximum atomic E-state index is 12.5. The molecule has 2 N–H and O–H groups in total. The second kappa shape index (κ2) is 5.09. The summed E-state index contributed by atoms with van der Waals surface area (Å²) in [5, 5.41) is 10.9. The lowest BCUT2D eigenvalue weighted by Crippen LogP contribution is -2.18. The standard InChI is InChI=1S/C16H18N4O/c1-10(2)20-6-4-5-15(20)16(21)18-13-8-12-9-17-19-14(12)7-11(13)3/h4-10H,1-3H3,(H,17,19)(H,18,21). The van der Waals surface area contributed by atoms with Crippen LogP contribution in [-0.4, -0.2) is 20.7 Å². The zero-order chi connectivity index (χ0) is 15.0. The van der Waals surface area contributed by atoms with Crippen LogP contribution >= 0.6 is 0 Å². The van der Waals surface area contributed by atoms with Gasteiger partial charge in [-0.05, 0) is 50.6 Å². The van der Waals surface area contributed by atoms with E-state index in [1.165, 1.54) is 0 Å². The number of anilines is 1. The van der Waals surface area contributed by atoms with Gasteiger partial charge in [0.05, 0.1) is 11.7 Å². The quantitative estimate of drug-likeness (QED) is 0.772. The third kappa shape index (κ3) is 2.42. The van der Waals surface area contributed by atoms with E-state index in [4.69, 9.17) is 0 Å². The van der Waals surface area contributed by atoms with Gasteiger partial charge < -0.3 is 9.88 Å². The number of aromatic amines is 1. The molecule has 0 saturated heterocycles. The van der Waals surface area contributed by atoms with Crippen molar-refractivity contribution in [2.24, 2.45) is 0 Å². The highest BCUT2D eigenvalue weighted by molar-refractivity contribution is 6.04. The molecule has 2 aromatic heterocycles. The highest BCUT2D eigenvalue weighted by atomic mass is 16.1. The van der Waals surface area contributed by atoms with E-state index in [2.05, 4.69) is 29.4 Å². The maximum Gasteiger partial charge on any atom is 0.272 e. The summed E-state index contributed by atoms with van der Waals surface area (Å²) in [7, 11) is 0. The molecule has 0 radical (unpaired) electrons. The van der Waals surface area contributed by atoms with Crippen LogP contribution in [0.1, 0.15) is 35.9 Å². The molecule has 0 fully saturated rings. The largest absolute Gasteiger partial charge is 0.341 e. The molecule has 3 aromatic rings. The average molecular weight is 282 g/mol. The van der Waals surface area contributed by atoms with Crippen molar-refractivity contribution in [2.75, 3.05) is 5.32 Å². The second-order valence-corrected chi connectivity index (χ2v) is 5.47. The third-order valence-corrected chi connectivity index (χ3v) is 3.60. The second-order valence-electron chi connectivity index (χ2n) is 5.47. The monoisotopic (exact) mass is 282 g/mol. The van der Waals surface area contributed by atoms with Gasteiger partial charge in [-0.3, -0.25) is 9.89 Å². The molecule has 21 heavy (non-hydrogen) atoms. The van der Waals surface area contributed by atoms with Gasteiger partial charge in [0.1, 0.15) is 5.69 Å². The number of H-pyrrole nitrogens is 1. The van der Waals surface area contributed by atoms with Crippen LogP contribution in [0.3, 0.4) is 0 Å². The minimum atomic E-state index is -0.0976. The fraction of sp³-hybridized carbons (Fsp3) is 0.250. The molecule has 5 heteroatoms. The number of carbonyl (C=O) groups is 1. The van der Waals surface area contributed by atoms with Crippen LogP contribution < -0.4 is 5.32 Å². The molecule has 1 amide bonds. The number of aryl methyl sites for hydroxylation is 1. The number of aromatic nitrogens is 3. The first kappa shape index (κ1) is 13.4. The molecule has 5 nitrogen and oxygen atoms in total. The predicted molar refractivity (Wildman–Crippen MR) is 83.6 cm³/mol. The molecular formula is C16H18N4O. The van der Waals surface area contributed by atoms with Crippen molar-refractivity contribution in [1.82, 2.24) is 14.8 Å². The first-order chi connectivity index (χ1) is 10.1. The molecule has 1 aromatic carbocycles. The van der Waals surface area contributed by atoms with E-state index < -0.39 is 0 Å². The summed E-state index contributed by atoms with van der Waals surface area (Å²) in [5.74, 6) is -0.0976. The molecule has 0 aliphatic carbocycles. The van der Waals surface area contributed by atoms with Crippen LogP contribution in [-0.2, 0) is 0 Å². The van der Waals surface area contributed by atoms with Gasteiger partial charge in [0.15, 0.2) is 0 Å². The van der Waals surface area contributed by atoms with E-state index >= 15 is 0 Å². The average Bonchev–Trinajstić information content (AvgIpc) is 3.06. The summed E-state index contributed by atoms with van der Waals surface area (Å²) in [4.78, 5) is 12.5. The number of rotatable bonds is 3. The number of nitrogens with zero attached hydrogens (tertiary/aromatic N) is 2. The van der Waals surface area contributed by atoms with Crippen molar-refractivity contribution in [2.45, 2.75) is 26.8 Å². The van der Waals surface area contributed by atoms with Crippen LogP contribution in [0, 0.1) is 6.92 Å². The molecular weight excluding hydrogens is 264 g/mol. The number of hydrogen-bond donors (Lipinski definition) is 2. The molecule has 0 saturated carbocycles. The van der Waals surface area contributed by atoms with Gasteiger partial charge >= 0.3 is 0 Å². The summed E-state index contributed by atoms with van der Waals surface area (Å²) in [5.41, 5.74) is 3.45. The zero-order valence-electron chi connectivity index (χ0n) is 12.3. The number of fused-ring (bicyclic) bond motifs is 1. The molecule has 108 valence electrons. The number of amides is 1. The van der Waals surface area contributed by atoms with E-state index in [9.17, 15) is 4.79 Å². The minimum Gasteiger partial charge on any atom is -0.341 e. The van der Waals surface area contributed by atoms with Gasteiger partial charge in [-0.1, -0.05) is 0 Å². The van der Waals surface area contributed by atoms with Crippen molar-refractivity contribution < 1.29 is 4.79 Å². The Morgan fingerprint density at radius 1 is 1.38 bits per heavy atom. The smallest absolute Gasteiger partial charge is 0.272 e. The van der Waals surface area contributed by atoms with Crippen LogP contribution in [0.15, 0.2) is 36.7 Å². The highest BCUT2D eigenvalue weighted by Crippen LogP contribution is 2.23. The normalized spacial score (nSPS) is 11.2. The Bertz CT molecular complexity index is 798. The number of carbonyl (C=O) groups excluding carboxylic acids is 1. The third-order valence-electron chi connectivity index (χ3n) is 3.60. The molecule has 2 heterocycles. The van der Waals surface area contributed by atoms with Gasteiger partial charge in [0.2, 0.25) is 0 Å². The highest BCUT2D eigenvalue weighted by Gasteiger charge is 2.14. The lowest BCUT2D eigenvalue weighted by molar-refractivity contribution is 0.101. The molecule has 0 unspecified atom stereocenters. The Hall–Kier alpha value is -2.56. The van der Waals surface area contributed by atoms with Crippen LogP contribution in [0.5, 0.6) is 0 Å². The fourth-order valence-corrected chi connectivity index (χ4v) is 2.46. The van der Waals surface area contributed by atoms with E-state index in [-0.39, 0.29) is 11.9 Å². The summed E-state index contributed by atoms with van der Waals surface area (Å²) < 4.78 is 1.96. The molecule has 0 aliphatic heterocycles. The van der Waals surface area contributed by atoms with Crippen molar-refractivity contribution in [3.8, 4) is 0 Å². The van der Waals surface area contributed by atoms with Crippen molar-refractivity contribution in [1.29, 1.82) is 0 Å². The summed E-state index contributed by atoms with van der Waals surface area (Å²) >= 11 is 0. The van der Waals surface area contributed by atoms with Gasteiger partial charge in [-0.25, -0.2) is 0 Å². The summed E-state index contributed by atoms with van der Waals surface area (Å²) in [6.07, 6.45) is 3.67. The number of hydrogen-bond acceptors (Lipinski definition) is 2. The topological polar surface area (TPSA) is 62.7 Å². The maximum absolute atomic E-state index is 12.5. The number of nitrogens with one attached hydrogen (secondary N) is 2. The predicted octanol–water partition coefficient (Wildman–Crippen LogP) is 3.51. The molecule has 3 rings (SSSR count). The van der Waals surface area contributed by atoms with Crippen molar-refractivity contribution in [3.63, 3.8) is 0 Å². The Morgan fingerprint density at radius 3 is 2.95 bits per heavy atom. The Balaban J connectivity index is 1.92. The van der Waals surface area contributed by atoms with E-state index in [0.29, 0.717) is 5.69 Å². The van der Waals surface area contributed by atoms with Gasteiger partial charge in [-0.15, -0.1) is 0 Å². The first-order valence-electron chi connectivity index (χ1n) is 6.98. The zero-order valence-corrected chi connectivity index (χ0v) is 12.3. The minimum absolute atomic E-state index is 0.0976. The van der Waals surface area contributed by atoms with E-state index in [1.807, 2.05) is 42.0 Å². The van der Waals surface area contributed by atoms with Crippen LogP contribution in [0.25, 0.3) is 10.9 Å². The first-order valence-corrected chi connectivity index (χ1v) is 6.98. The lowest BCUT2D eigenvalue weighted by atomic mass is 10.1. The summed E-state index contributed by atoms with van der Waals surface area (Å²) in [6.45, 7) is 6.08. The number of benzene rings is 1. The lowest BCUT2D eigenvalue weighted by Gasteiger charge is -2.14. The molecule has 0 aliphatic rings. The molecule has 0 atom stereocenters. The Kier molecular flexibility index (Phi) is 3.25. The Labute approximate surface area is 123 Å². The SMILES string of the molecule is Cc1cc2[nH]ncc2cc1NC(=O)c1cccn1C(C)C. The van der Waals surface area contributed by atoms with Crippen LogP contribution in [0.4, 0.5) is 5.69 Å². The summed E-state index contributed by atoms with van der Waals surface area (Å²) in [6, 6.07) is 7.90. The molecule has 0 spiro atoms. The van der Waals surface area contributed by atoms with Crippen molar-refractivity contribution in [3.05, 3.63) is 47.9 Å². The molecule has 0 bridgehead atoms. The van der Waals surface area contributed by atoms with Gasteiger partial charge in [0, 0.05) is 23.3 Å².